The molecule has 4 rings (SSSR count). The molecule has 1 amide bonds. The molecule has 0 aromatic heterocycles. The van der Waals surface area contributed by atoms with Crippen LogP contribution in [-0.4, -0.2) is 38.0 Å². The average Bonchev–Trinajstić information content (AvgIpc) is 2.84. The molecule has 0 bridgehead atoms. The van der Waals surface area contributed by atoms with Gasteiger partial charge in [0.05, 0.1) is 18.8 Å². The molecule has 158 valence electrons. The van der Waals surface area contributed by atoms with Crippen LogP contribution < -0.4 is 10.2 Å². The maximum absolute atomic E-state index is 13.0. The first kappa shape index (κ1) is 21.0. The van der Waals surface area contributed by atoms with Gasteiger partial charge in [-0.3, -0.25) is 9.59 Å². The van der Waals surface area contributed by atoms with Gasteiger partial charge in [-0.2, -0.15) is 0 Å². The molecule has 3 aromatic carbocycles. The molecule has 0 atom stereocenters. The molecule has 31 heavy (non-hydrogen) atoms. The van der Waals surface area contributed by atoms with E-state index >= 15 is 0 Å². The van der Waals surface area contributed by atoms with Crippen molar-refractivity contribution in [1.82, 2.24) is 5.32 Å². The van der Waals surface area contributed by atoms with Crippen molar-refractivity contribution in [3.05, 3.63) is 107 Å². The fraction of sp³-hybridized carbons (Fsp3) is 0.231. The van der Waals surface area contributed by atoms with Gasteiger partial charge in [-0.1, -0.05) is 72.8 Å². The molecule has 5 heteroatoms. The first-order valence-electron chi connectivity index (χ1n) is 10.7. The monoisotopic (exact) mass is 415 g/mol. The fourth-order valence-electron chi connectivity index (χ4n) is 3.90. The lowest BCUT2D eigenvalue weighted by molar-refractivity contribution is -0.921. The zero-order valence-corrected chi connectivity index (χ0v) is 17.5. The number of ketones is 1. The van der Waals surface area contributed by atoms with E-state index in [0.29, 0.717) is 23.2 Å². The van der Waals surface area contributed by atoms with Gasteiger partial charge in [-0.05, 0) is 11.6 Å². The number of nitrogens with one attached hydrogen (secondary N) is 2. The largest absolute Gasteiger partial charge is 0.370 e. The molecule has 0 radical (unpaired) electrons. The molecule has 2 N–H and O–H groups in total. The van der Waals surface area contributed by atoms with Gasteiger partial charge in [0.2, 0.25) is 0 Å². The number of ether oxygens (including phenoxy) is 1. The van der Waals surface area contributed by atoms with Crippen molar-refractivity contribution in [3.63, 3.8) is 0 Å². The maximum Gasteiger partial charge on any atom is 0.252 e. The Bertz CT molecular complexity index is 1040. The van der Waals surface area contributed by atoms with Crippen LogP contribution in [0.25, 0.3) is 0 Å². The summed E-state index contributed by atoms with van der Waals surface area (Å²) in [6.07, 6.45) is 0. The van der Waals surface area contributed by atoms with Gasteiger partial charge in [0, 0.05) is 23.2 Å². The summed E-state index contributed by atoms with van der Waals surface area (Å²) in [5.41, 5.74) is 3.71. The van der Waals surface area contributed by atoms with E-state index in [0.717, 1.165) is 38.4 Å². The third-order valence-electron chi connectivity index (χ3n) is 5.65. The normalized spacial score (nSPS) is 14.2. The van der Waals surface area contributed by atoms with Gasteiger partial charge < -0.3 is 15.0 Å². The molecule has 3 aromatic rings. The maximum atomic E-state index is 13.0. The summed E-state index contributed by atoms with van der Waals surface area (Å²) >= 11 is 0. The molecule has 5 nitrogen and oxygen atoms in total. The minimum Gasteiger partial charge on any atom is -0.370 e. The van der Waals surface area contributed by atoms with Gasteiger partial charge in [-0.25, -0.2) is 0 Å². The van der Waals surface area contributed by atoms with Crippen molar-refractivity contribution < 1.29 is 19.2 Å². The lowest BCUT2D eigenvalue weighted by Crippen LogP contribution is -3.12. The summed E-state index contributed by atoms with van der Waals surface area (Å²) in [7, 11) is 0. The number of hydrogen-bond acceptors (Lipinski definition) is 3. The van der Waals surface area contributed by atoms with Crippen LogP contribution in [0, 0.1) is 0 Å². The second-order valence-corrected chi connectivity index (χ2v) is 7.73. The highest BCUT2D eigenvalue weighted by molar-refractivity contribution is 6.15. The van der Waals surface area contributed by atoms with E-state index < -0.39 is 0 Å². The highest BCUT2D eigenvalue weighted by Crippen LogP contribution is 2.15. The fourth-order valence-corrected chi connectivity index (χ4v) is 3.90. The molecule has 1 aliphatic heterocycles. The Morgan fingerprint density at radius 1 is 0.774 bits per heavy atom. The summed E-state index contributed by atoms with van der Waals surface area (Å²) in [6, 6.07) is 24.2. The van der Waals surface area contributed by atoms with E-state index in [4.69, 9.17) is 4.74 Å². The number of rotatable bonds is 7. The van der Waals surface area contributed by atoms with Crippen molar-refractivity contribution in [3.8, 4) is 0 Å². The summed E-state index contributed by atoms with van der Waals surface area (Å²) < 4.78 is 5.45. The third kappa shape index (κ3) is 5.26. The number of hydrogen-bond donors (Lipinski definition) is 2. The highest BCUT2D eigenvalue weighted by Gasteiger charge is 2.19. The van der Waals surface area contributed by atoms with Crippen LogP contribution in [0.1, 0.15) is 37.4 Å². The molecular weight excluding hydrogens is 388 g/mol. The zero-order valence-electron chi connectivity index (χ0n) is 17.5. The van der Waals surface area contributed by atoms with Crippen molar-refractivity contribution in [2.75, 3.05) is 26.3 Å². The van der Waals surface area contributed by atoms with Gasteiger partial charge in [0.25, 0.3) is 5.91 Å². The number of carbonyl (C=O) groups is 2. The lowest BCUT2D eigenvalue weighted by atomic mass is 9.98. The Balaban J connectivity index is 1.47. The Kier molecular flexibility index (Phi) is 6.87. The molecule has 1 aliphatic rings. The second-order valence-electron chi connectivity index (χ2n) is 7.73. The number of benzene rings is 3. The molecule has 0 unspecified atom stereocenters. The Morgan fingerprint density at radius 2 is 1.39 bits per heavy atom. The van der Waals surface area contributed by atoms with Crippen LogP contribution in [0.2, 0.25) is 0 Å². The summed E-state index contributed by atoms with van der Waals surface area (Å²) in [4.78, 5) is 27.4. The first-order chi connectivity index (χ1) is 15.2. The number of carbonyl (C=O) groups excluding carboxylic acids is 2. The number of quaternary nitrogens is 1. The van der Waals surface area contributed by atoms with E-state index in [-0.39, 0.29) is 11.7 Å². The molecule has 0 saturated carbocycles. The van der Waals surface area contributed by atoms with Crippen LogP contribution >= 0.6 is 0 Å². The molecule has 0 spiro atoms. The van der Waals surface area contributed by atoms with E-state index in [1.165, 1.54) is 10.5 Å². The smallest absolute Gasteiger partial charge is 0.252 e. The molecule has 0 aliphatic carbocycles. The van der Waals surface area contributed by atoms with Crippen LogP contribution in [-0.2, 0) is 17.8 Å². The third-order valence-corrected chi connectivity index (χ3v) is 5.65. The molecule has 1 heterocycles. The van der Waals surface area contributed by atoms with Gasteiger partial charge in [0.1, 0.15) is 19.6 Å². The van der Waals surface area contributed by atoms with Crippen molar-refractivity contribution in [2.24, 2.45) is 0 Å². The number of amides is 1. The standard InChI is InChI=1S/C26H26N2O3/c29-25(20-8-2-1-3-9-20)23-12-6-7-13-24(23)26(30)27-18-21-10-4-5-11-22(21)19-28-14-16-31-17-15-28/h1-13H,14-19H2,(H,27,30)/p+1. The van der Waals surface area contributed by atoms with Crippen LogP contribution in [0.15, 0.2) is 78.9 Å². The molecule has 1 fully saturated rings. The van der Waals surface area contributed by atoms with Crippen LogP contribution in [0.3, 0.4) is 0 Å². The zero-order chi connectivity index (χ0) is 21.5. The number of morpholine rings is 1. The molecule has 1 saturated heterocycles. The lowest BCUT2D eigenvalue weighted by Gasteiger charge is -2.24. The summed E-state index contributed by atoms with van der Waals surface area (Å²) in [5.74, 6) is -0.393. The van der Waals surface area contributed by atoms with E-state index in [2.05, 4.69) is 17.4 Å². The summed E-state index contributed by atoms with van der Waals surface area (Å²) in [6.45, 7) is 4.91. The van der Waals surface area contributed by atoms with Crippen molar-refractivity contribution in [1.29, 1.82) is 0 Å². The van der Waals surface area contributed by atoms with Gasteiger partial charge in [0.15, 0.2) is 5.78 Å². The second kappa shape index (κ2) is 10.2. The quantitative estimate of drug-likeness (QED) is 0.582. The Hall–Kier alpha value is -3.28. The van der Waals surface area contributed by atoms with Gasteiger partial charge in [-0.15, -0.1) is 0 Å². The topological polar surface area (TPSA) is 59.8 Å². The predicted molar refractivity (Wildman–Crippen MR) is 119 cm³/mol. The minimum atomic E-state index is -0.242. The Morgan fingerprint density at radius 3 is 2.13 bits per heavy atom. The van der Waals surface area contributed by atoms with E-state index in [1.54, 1.807) is 36.4 Å². The average molecular weight is 416 g/mol. The van der Waals surface area contributed by atoms with Crippen LogP contribution in [0.4, 0.5) is 0 Å². The van der Waals surface area contributed by atoms with Gasteiger partial charge >= 0.3 is 0 Å². The first-order valence-corrected chi connectivity index (χ1v) is 10.7. The van der Waals surface area contributed by atoms with Crippen molar-refractivity contribution >= 4 is 11.7 Å². The summed E-state index contributed by atoms with van der Waals surface area (Å²) in [5, 5.41) is 3.01. The Labute approximate surface area is 182 Å². The van der Waals surface area contributed by atoms with Crippen molar-refractivity contribution in [2.45, 2.75) is 13.1 Å². The minimum absolute atomic E-state index is 0.150. The van der Waals surface area contributed by atoms with Crippen LogP contribution in [0.5, 0.6) is 0 Å². The predicted octanol–water partition coefficient (Wildman–Crippen LogP) is 2.26. The highest BCUT2D eigenvalue weighted by atomic mass is 16.5. The van der Waals surface area contributed by atoms with E-state index in [1.807, 2.05) is 30.3 Å². The van der Waals surface area contributed by atoms with E-state index in [9.17, 15) is 9.59 Å². The molecular formula is C26H27N2O3+. The SMILES string of the molecule is O=C(NCc1ccccc1C[NH+]1CCOCC1)c1ccccc1C(=O)c1ccccc1.